The number of ketones is 1. The molecule has 0 amide bonds. The van der Waals surface area contributed by atoms with E-state index in [4.69, 9.17) is 0 Å². The van der Waals surface area contributed by atoms with E-state index in [2.05, 4.69) is 44.8 Å². The molecule has 0 aliphatic rings. The number of rotatable bonds is 6. The van der Waals surface area contributed by atoms with Gasteiger partial charge in [0.2, 0.25) is 0 Å². The van der Waals surface area contributed by atoms with E-state index in [0.717, 1.165) is 6.54 Å². The second-order valence-corrected chi connectivity index (χ2v) is 5.71. The molecule has 0 bridgehead atoms. The summed E-state index contributed by atoms with van der Waals surface area (Å²) >= 11 is 0. The summed E-state index contributed by atoms with van der Waals surface area (Å²) in [6, 6.07) is 0.427. The minimum atomic E-state index is 0.240. The van der Waals surface area contributed by atoms with Gasteiger partial charge in [0.1, 0.15) is 0 Å². The summed E-state index contributed by atoms with van der Waals surface area (Å²) in [6.07, 6.45) is 0. The van der Waals surface area contributed by atoms with Crippen LogP contribution < -0.4 is 5.32 Å². The fourth-order valence-corrected chi connectivity index (χ4v) is 1.09. The molecule has 0 aromatic rings. The Labute approximate surface area is 94.2 Å². The van der Waals surface area contributed by atoms with Gasteiger partial charge in [-0.2, -0.15) is 0 Å². The van der Waals surface area contributed by atoms with Crippen LogP contribution in [0.15, 0.2) is 0 Å². The van der Waals surface area contributed by atoms with Gasteiger partial charge in [-0.3, -0.25) is 9.69 Å². The first kappa shape index (κ1) is 14.6. The van der Waals surface area contributed by atoms with Gasteiger partial charge >= 0.3 is 0 Å². The number of hydrogen-bond donors (Lipinski definition) is 1. The number of hydrogen-bond acceptors (Lipinski definition) is 3. The van der Waals surface area contributed by atoms with Gasteiger partial charge < -0.3 is 5.32 Å². The molecule has 3 nitrogen and oxygen atoms in total. The predicted molar refractivity (Wildman–Crippen MR) is 65.1 cm³/mol. The first-order valence-electron chi connectivity index (χ1n) is 5.65. The number of nitrogens with zero attached hydrogens (tertiary/aromatic N) is 1. The molecular formula is C12H26N2O. The lowest BCUT2D eigenvalue weighted by Gasteiger charge is -2.21. The van der Waals surface area contributed by atoms with Crippen molar-refractivity contribution in [1.29, 1.82) is 0 Å². The fourth-order valence-electron chi connectivity index (χ4n) is 1.09. The Morgan fingerprint density at radius 1 is 1.33 bits per heavy atom. The summed E-state index contributed by atoms with van der Waals surface area (Å²) in [5.74, 6) is 0.260. The Balaban J connectivity index is 3.67. The molecule has 0 aromatic carbocycles. The Morgan fingerprint density at radius 2 is 1.87 bits per heavy atom. The average molecular weight is 214 g/mol. The highest BCUT2D eigenvalue weighted by molar-refractivity contribution is 5.82. The van der Waals surface area contributed by atoms with Crippen molar-refractivity contribution in [2.24, 2.45) is 5.41 Å². The van der Waals surface area contributed by atoms with Crippen LogP contribution in [0.5, 0.6) is 0 Å². The lowest BCUT2D eigenvalue weighted by molar-refractivity contribution is -0.119. The van der Waals surface area contributed by atoms with Crippen LogP contribution in [0, 0.1) is 5.41 Å². The predicted octanol–water partition coefficient (Wildman–Crippen LogP) is 1.53. The SMILES string of the molecule is CC(C)N(C)CC(=O)CNCC(C)(C)C. The van der Waals surface area contributed by atoms with Gasteiger partial charge in [0.15, 0.2) is 5.78 Å². The molecule has 0 atom stereocenters. The number of carbonyl (C=O) groups is 1. The Bertz CT molecular complexity index is 194. The molecule has 0 fully saturated rings. The van der Waals surface area contributed by atoms with Crippen LogP contribution in [0.25, 0.3) is 0 Å². The summed E-state index contributed by atoms with van der Waals surface area (Å²) in [5.41, 5.74) is 0.240. The zero-order valence-electron chi connectivity index (χ0n) is 11.1. The highest BCUT2D eigenvalue weighted by atomic mass is 16.1. The Hall–Kier alpha value is -0.410. The Morgan fingerprint density at radius 3 is 2.27 bits per heavy atom. The van der Waals surface area contributed by atoms with Gasteiger partial charge in [-0.25, -0.2) is 0 Å². The van der Waals surface area contributed by atoms with Gasteiger partial charge in [-0.05, 0) is 26.3 Å². The highest BCUT2D eigenvalue weighted by Gasteiger charge is 2.12. The van der Waals surface area contributed by atoms with Gasteiger partial charge in [0.25, 0.3) is 0 Å². The second-order valence-electron chi connectivity index (χ2n) is 5.71. The molecule has 15 heavy (non-hydrogen) atoms. The topological polar surface area (TPSA) is 32.3 Å². The van der Waals surface area contributed by atoms with Crippen LogP contribution in [0.4, 0.5) is 0 Å². The van der Waals surface area contributed by atoms with Gasteiger partial charge in [-0.1, -0.05) is 20.8 Å². The summed E-state index contributed by atoms with van der Waals surface area (Å²) in [6.45, 7) is 12.6. The van der Waals surface area contributed by atoms with Crippen molar-refractivity contribution in [2.45, 2.75) is 40.7 Å². The van der Waals surface area contributed by atoms with Crippen LogP contribution in [-0.2, 0) is 4.79 Å². The van der Waals surface area contributed by atoms with E-state index in [1.54, 1.807) is 0 Å². The number of Topliss-reactive ketones (excluding diaryl/α,β-unsaturated/α-hetero) is 1. The molecule has 0 rings (SSSR count). The molecule has 0 aliphatic heterocycles. The van der Waals surface area contributed by atoms with E-state index >= 15 is 0 Å². The molecule has 1 N–H and O–H groups in total. The van der Waals surface area contributed by atoms with E-state index in [-0.39, 0.29) is 11.2 Å². The molecule has 0 radical (unpaired) electrons. The Kier molecular flexibility index (Phi) is 6.06. The zero-order chi connectivity index (χ0) is 12.1. The van der Waals surface area contributed by atoms with Crippen molar-refractivity contribution in [2.75, 3.05) is 26.7 Å². The summed E-state index contributed by atoms with van der Waals surface area (Å²) in [4.78, 5) is 13.6. The molecule has 0 unspecified atom stereocenters. The normalized spacial score (nSPS) is 12.5. The number of likely N-dealkylation sites (N-methyl/N-ethyl adjacent to an activating group) is 1. The van der Waals surface area contributed by atoms with Gasteiger partial charge in [0.05, 0.1) is 13.1 Å². The number of carbonyl (C=O) groups excluding carboxylic acids is 1. The molecule has 0 aliphatic carbocycles. The van der Waals surface area contributed by atoms with Crippen LogP contribution in [0.3, 0.4) is 0 Å². The summed E-state index contributed by atoms with van der Waals surface area (Å²) < 4.78 is 0. The molecule has 90 valence electrons. The first-order chi connectivity index (χ1) is 6.72. The van der Waals surface area contributed by atoms with Crippen molar-refractivity contribution in [3.05, 3.63) is 0 Å². The monoisotopic (exact) mass is 214 g/mol. The molecular weight excluding hydrogens is 188 g/mol. The molecule has 0 aromatic heterocycles. The van der Waals surface area contributed by atoms with Crippen molar-refractivity contribution in [1.82, 2.24) is 10.2 Å². The summed E-state index contributed by atoms with van der Waals surface area (Å²) in [7, 11) is 1.98. The summed E-state index contributed by atoms with van der Waals surface area (Å²) in [5, 5.41) is 3.19. The number of nitrogens with one attached hydrogen (secondary N) is 1. The third-order valence-electron chi connectivity index (χ3n) is 2.28. The quantitative estimate of drug-likeness (QED) is 0.728. The first-order valence-corrected chi connectivity index (χ1v) is 5.65. The molecule has 0 saturated heterocycles. The largest absolute Gasteiger partial charge is 0.309 e. The zero-order valence-corrected chi connectivity index (χ0v) is 11.1. The van der Waals surface area contributed by atoms with Crippen LogP contribution in [0.2, 0.25) is 0 Å². The third-order valence-corrected chi connectivity index (χ3v) is 2.28. The van der Waals surface area contributed by atoms with Crippen molar-refractivity contribution in [3.63, 3.8) is 0 Å². The second kappa shape index (κ2) is 6.23. The van der Waals surface area contributed by atoms with E-state index in [0.29, 0.717) is 19.1 Å². The minimum Gasteiger partial charge on any atom is -0.309 e. The van der Waals surface area contributed by atoms with Crippen LogP contribution in [0.1, 0.15) is 34.6 Å². The smallest absolute Gasteiger partial charge is 0.160 e. The van der Waals surface area contributed by atoms with Crippen molar-refractivity contribution >= 4 is 5.78 Å². The van der Waals surface area contributed by atoms with E-state index in [1.807, 2.05) is 7.05 Å². The van der Waals surface area contributed by atoms with E-state index in [1.165, 1.54) is 0 Å². The maximum absolute atomic E-state index is 11.5. The van der Waals surface area contributed by atoms with Crippen molar-refractivity contribution < 1.29 is 4.79 Å². The maximum Gasteiger partial charge on any atom is 0.160 e. The van der Waals surface area contributed by atoms with E-state index in [9.17, 15) is 4.79 Å². The average Bonchev–Trinajstić information content (AvgIpc) is 2.01. The molecule has 0 heterocycles. The minimum absolute atomic E-state index is 0.240. The fraction of sp³-hybridized carbons (Fsp3) is 0.917. The van der Waals surface area contributed by atoms with E-state index < -0.39 is 0 Å². The maximum atomic E-state index is 11.5. The lowest BCUT2D eigenvalue weighted by atomic mass is 9.97. The van der Waals surface area contributed by atoms with Crippen molar-refractivity contribution in [3.8, 4) is 0 Å². The van der Waals surface area contributed by atoms with Gasteiger partial charge in [0, 0.05) is 12.6 Å². The molecule has 0 saturated carbocycles. The van der Waals surface area contributed by atoms with Gasteiger partial charge in [-0.15, -0.1) is 0 Å². The molecule has 3 heteroatoms. The van der Waals surface area contributed by atoms with Crippen LogP contribution in [-0.4, -0.2) is 43.4 Å². The third kappa shape index (κ3) is 8.58. The lowest BCUT2D eigenvalue weighted by Crippen LogP contribution is -2.38. The van der Waals surface area contributed by atoms with Crippen LogP contribution >= 0.6 is 0 Å². The molecule has 0 spiro atoms. The highest BCUT2D eigenvalue weighted by Crippen LogP contribution is 2.09. The standard InChI is InChI=1S/C12H26N2O/c1-10(2)14(6)8-11(15)7-13-9-12(3,4)5/h10,13H,7-9H2,1-6H3.